The fourth-order valence-corrected chi connectivity index (χ4v) is 2.57. The van der Waals surface area contributed by atoms with Crippen molar-refractivity contribution in [3.8, 4) is 0 Å². The van der Waals surface area contributed by atoms with Crippen LogP contribution in [0.1, 0.15) is 31.2 Å². The molecule has 1 saturated carbocycles. The van der Waals surface area contributed by atoms with Crippen molar-refractivity contribution < 1.29 is 0 Å². The molecule has 0 unspecified atom stereocenters. The van der Waals surface area contributed by atoms with Gasteiger partial charge in [-0.15, -0.1) is 0 Å². The summed E-state index contributed by atoms with van der Waals surface area (Å²) < 4.78 is 0. The molecule has 1 fully saturated rings. The average Bonchev–Trinajstić information content (AvgIpc) is 2.77. The molecule has 1 aromatic rings. The Morgan fingerprint density at radius 2 is 2.06 bits per heavy atom. The highest BCUT2D eigenvalue weighted by atomic mass is 35.5. The molecule has 0 aliphatic heterocycles. The first-order valence-electron chi connectivity index (χ1n) is 5.91. The van der Waals surface area contributed by atoms with Gasteiger partial charge in [0.15, 0.2) is 0 Å². The molecule has 0 saturated heterocycles. The predicted octanol–water partition coefficient (Wildman–Crippen LogP) is 3.30. The van der Waals surface area contributed by atoms with Crippen LogP contribution in [0.3, 0.4) is 0 Å². The van der Waals surface area contributed by atoms with Crippen molar-refractivity contribution in [3.05, 3.63) is 28.8 Å². The van der Waals surface area contributed by atoms with E-state index in [1.165, 1.54) is 31.2 Å². The number of nitrogens with zero attached hydrogens (tertiary/aromatic N) is 1. The molecule has 0 bridgehead atoms. The van der Waals surface area contributed by atoms with Gasteiger partial charge in [-0.05, 0) is 37.6 Å². The van der Waals surface area contributed by atoms with Gasteiger partial charge in [-0.25, -0.2) is 0 Å². The third kappa shape index (κ3) is 2.69. The van der Waals surface area contributed by atoms with Crippen molar-refractivity contribution in [3.63, 3.8) is 0 Å². The molecule has 0 radical (unpaired) electrons. The summed E-state index contributed by atoms with van der Waals surface area (Å²) in [6.07, 6.45) is 5.41. The summed E-state index contributed by atoms with van der Waals surface area (Å²) in [5, 5.41) is 0.646. The van der Waals surface area contributed by atoms with E-state index in [1.54, 1.807) is 0 Å². The van der Waals surface area contributed by atoms with E-state index >= 15 is 0 Å². The number of rotatable bonds is 3. The molecule has 0 atom stereocenters. The third-order valence-corrected chi connectivity index (χ3v) is 3.78. The van der Waals surface area contributed by atoms with E-state index in [4.69, 9.17) is 17.3 Å². The van der Waals surface area contributed by atoms with Gasteiger partial charge in [0, 0.05) is 12.6 Å². The summed E-state index contributed by atoms with van der Waals surface area (Å²) >= 11 is 5.91. The van der Waals surface area contributed by atoms with Crippen molar-refractivity contribution in [2.75, 3.05) is 12.8 Å². The number of benzene rings is 1. The second-order valence-corrected chi connectivity index (χ2v) is 5.12. The lowest BCUT2D eigenvalue weighted by atomic mass is 10.1. The summed E-state index contributed by atoms with van der Waals surface area (Å²) in [6.45, 7) is 0.964. The van der Waals surface area contributed by atoms with Crippen molar-refractivity contribution in [1.82, 2.24) is 4.90 Å². The smallest absolute Gasteiger partial charge is 0.0635 e. The molecule has 1 aromatic carbocycles. The van der Waals surface area contributed by atoms with Gasteiger partial charge in [-0.1, -0.05) is 30.5 Å². The zero-order chi connectivity index (χ0) is 11.5. The Morgan fingerprint density at radius 1 is 1.38 bits per heavy atom. The summed E-state index contributed by atoms with van der Waals surface area (Å²) in [5.41, 5.74) is 7.73. The number of nitrogens with two attached hydrogens (primary N) is 1. The Hall–Kier alpha value is -0.730. The molecule has 3 heteroatoms. The van der Waals surface area contributed by atoms with Gasteiger partial charge in [-0.2, -0.15) is 0 Å². The lowest BCUT2D eigenvalue weighted by Crippen LogP contribution is -2.28. The fraction of sp³-hybridized carbons (Fsp3) is 0.538. The zero-order valence-corrected chi connectivity index (χ0v) is 10.5. The minimum absolute atomic E-state index is 0.646. The van der Waals surface area contributed by atoms with Crippen LogP contribution in [-0.2, 0) is 6.54 Å². The number of halogens is 1. The molecule has 1 aliphatic rings. The van der Waals surface area contributed by atoms with E-state index in [9.17, 15) is 0 Å². The lowest BCUT2D eigenvalue weighted by Gasteiger charge is -2.24. The van der Waals surface area contributed by atoms with Gasteiger partial charge in [0.2, 0.25) is 0 Å². The standard InChI is InChI=1S/C13H19ClN2/c1-16(11-4-2-3-5-11)9-10-6-7-12(14)13(15)8-10/h6-8,11H,2-5,9,15H2,1H3. The summed E-state index contributed by atoms with van der Waals surface area (Å²) in [6, 6.07) is 6.67. The summed E-state index contributed by atoms with van der Waals surface area (Å²) in [5.74, 6) is 0. The molecule has 0 heterocycles. The number of anilines is 1. The topological polar surface area (TPSA) is 29.3 Å². The maximum absolute atomic E-state index is 5.91. The van der Waals surface area contributed by atoms with Crippen LogP contribution in [-0.4, -0.2) is 18.0 Å². The summed E-state index contributed by atoms with van der Waals surface area (Å²) in [4.78, 5) is 2.43. The van der Waals surface area contributed by atoms with Gasteiger partial charge in [0.25, 0.3) is 0 Å². The molecule has 88 valence electrons. The molecule has 2 nitrogen and oxygen atoms in total. The Balaban J connectivity index is 1.99. The fourth-order valence-electron chi connectivity index (χ4n) is 2.45. The van der Waals surface area contributed by atoms with Crippen LogP contribution in [0.5, 0.6) is 0 Å². The molecular formula is C13H19ClN2. The normalized spacial score (nSPS) is 17.2. The maximum Gasteiger partial charge on any atom is 0.0635 e. The molecule has 2 N–H and O–H groups in total. The SMILES string of the molecule is CN(Cc1ccc(Cl)c(N)c1)C1CCCC1. The average molecular weight is 239 g/mol. The molecule has 0 spiro atoms. The van der Waals surface area contributed by atoms with Crippen molar-refractivity contribution in [1.29, 1.82) is 0 Å². The molecule has 0 amide bonds. The number of hydrogen-bond acceptors (Lipinski definition) is 2. The molecule has 0 aromatic heterocycles. The highest BCUT2D eigenvalue weighted by Gasteiger charge is 2.19. The van der Waals surface area contributed by atoms with Crippen LogP contribution < -0.4 is 5.73 Å². The van der Waals surface area contributed by atoms with Crippen LogP contribution >= 0.6 is 11.6 Å². The van der Waals surface area contributed by atoms with Gasteiger partial charge in [0.05, 0.1) is 10.7 Å². The van der Waals surface area contributed by atoms with Gasteiger partial charge >= 0.3 is 0 Å². The highest BCUT2D eigenvalue weighted by Crippen LogP contribution is 2.25. The van der Waals surface area contributed by atoms with Gasteiger partial charge in [-0.3, -0.25) is 4.90 Å². The van der Waals surface area contributed by atoms with Crippen molar-refractivity contribution >= 4 is 17.3 Å². The van der Waals surface area contributed by atoms with E-state index in [2.05, 4.69) is 18.0 Å². The Morgan fingerprint density at radius 3 is 2.69 bits per heavy atom. The van der Waals surface area contributed by atoms with E-state index in [0.717, 1.165) is 12.6 Å². The molecule has 2 rings (SSSR count). The van der Waals surface area contributed by atoms with Crippen LogP contribution in [0.25, 0.3) is 0 Å². The first-order valence-corrected chi connectivity index (χ1v) is 6.29. The minimum atomic E-state index is 0.646. The van der Waals surface area contributed by atoms with Gasteiger partial charge < -0.3 is 5.73 Å². The first kappa shape index (κ1) is 11.7. The van der Waals surface area contributed by atoms with Crippen LogP contribution in [0.4, 0.5) is 5.69 Å². The van der Waals surface area contributed by atoms with Crippen molar-refractivity contribution in [2.45, 2.75) is 38.3 Å². The third-order valence-electron chi connectivity index (χ3n) is 3.44. The molecule has 1 aliphatic carbocycles. The Kier molecular flexibility index (Phi) is 3.72. The first-order chi connectivity index (χ1) is 7.66. The zero-order valence-electron chi connectivity index (χ0n) is 9.75. The van der Waals surface area contributed by atoms with E-state index in [0.29, 0.717) is 10.7 Å². The monoisotopic (exact) mass is 238 g/mol. The Bertz CT molecular complexity index is 359. The minimum Gasteiger partial charge on any atom is -0.398 e. The second-order valence-electron chi connectivity index (χ2n) is 4.71. The number of hydrogen-bond donors (Lipinski definition) is 1. The van der Waals surface area contributed by atoms with Crippen LogP contribution in [0.2, 0.25) is 5.02 Å². The van der Waals surface area contributed by atoms with E-state index in [-0.39, 0.29) is 0 Å². The summed E-state index contributed by atoms with van der Waals surface area (Å²) in [7, 11) is 2.20. The van der Waals surface area contributed by atoms with Crippen LogP contribution in [0.15, 0.2) is 18.2 Å². The largest absolute Gasteiger partial charge is 0.398 e. The molecule has 16 heavy (non-hydrogen) atoms. The maximum atomic E-state index is 5.91. The Labute approximate surface area is 102 Å². The van der Waals surface area contributed by atoms with Crippen molar-refractivity contribution in [2.24, 2.45) is 0 Å². The van der Waals surface area contributed by atoms with Gasteiger partial charge in [0.1, 0.15) is 0 Å². The second kappa shape index (κ2) is 5.07. The lowest BCUT2D eigenvalue weighted by molar-refractivity contribution is 0.237. The molecular weight excluding hydrogens is 220 g/mol. The quantitative estimate of drug-likeness (QED) is 0.819. The van der Waals surface area contributed by atoms with E-state index < -0.39 is 0 Å². The number of nitrogen functional groups attached to an aromatic ring is 1. The predicted molar refractivity (Wildman–Crippen MR) is 69.6 cm³/mol. The van der Waals surface area contributed by atoms with Crippen LogP contribution in [0, 0.1) is 0 Å². The highest BCUT2D eigenvalue weighted by molar-refractivity contribution is 6.33. The van der Waals surface area contributed by atoms with E-state index in [1.807, 2.05) is 12.1 Å².